The van der Waals surface area contributed by atoms with Crippen molar-refractivity contribution in [1.82, 2.24) is 9.62 Å². The van der Waals surface area contributed by atoms with E-state index in [0.29, 0.717) is 6.42 Å². The number of fused-ring (bicyclic) bond motifs is 1. The summed E-state index contributed by atoms with van der Waals surface area (Å²) >= 11 is 0. The molecule has 3 rings (SSSR count). The molecule has 2 aliphatic rings. The Morgan fingerprint density at radius 2 is 2.00 bits per heavy atom. The molecule has 1 N–H and O–H groups in total. The fraction of sp³-hybridized carbons (Fsp3) is 0.684. The van der Waals surface area contributed by atoms with Crippen molar-refractivity contribution in [3.63, 3.8) is 0 Å². The Morgan fingerprint density at radius 1 is 1.28 bits per heavy atom. The molecule has 140 valence electrons. The second-order valence-corrected chi connectivity index (χ2v) is 9.80. The summed E-state index contributed by atoms with van der Waals surface area (Å²) in [7, 11) is -3.12. The number of likely N-dealkylation sites (tertiary alicyclic amines) is 1. The summed E-state index contributed by atoms with van der Waals surface area (Å²) in [5, 5.41) is 0. The van der Waals surface area contributed by atoms with Crippen LogP contribution in [0.2, 0.25) is 0 Å². The molecule has 2 heterocycles. The van der Waals surface area contributed by atoms with Gasteiger partial charge in [-0.15, -0.1) is 0 Å². The van der Waals surface area contributed by atoms with Crippen LogP contribution in [0, 0.1) is 0 Å². The zero-order chi connectivity index (χ0) is 18.1. The predicted molar refractivity (Wildman–Crippen MR) is 100 cm³/mol. The molecule has 5 nitrogen and oxygen atoms in total. The fourth-order valence-corrected chi connectivity index (χ4v) is 5.23. The van der Waals surface area contributed by atoms with Gasteiger partial charge in [0.2, 0.25) is 10.0 Å². The monoisotopic (exact) mass is 366 g/mol. The highest BCUT2D eigenvalue weighted by Gasteiger charge is 2.32. The van der Waals surface area contributed by atoms with Crippen molar-refractivity contribution in [2.45, 2.75) is 64.6 Å². The summed E-state index contributed by atoms with van der Waals surface area (Å²) in [4.78, 5) is 2.40. The van der Waals surface area contributed by atoms with Crippen molar-refractivity contribution < 1.29 is 13.2 Å². The fourth-order valence-electron chi connectivity index (χ4n) is 3.84. The molecule has 0 spiro atoms. The summed E-state index contributed by atoms with van der Waals surface area (Å²) in [5.74, 6) is 1.27. The van der Waals surface area contributed by atoms with Crippen molar-refractivity contribution in [3.05, 3.63) is 29.3 Å². The Labute approximate surface area is 151 Å². The standard InChI is InChI=1S/C19H30N2O3S/c1-4-12-25(22,23)20-17-8-10-21(11-9-17)14-16-7-5-6-15-13-19(2,3)24-18(15)16/h5-7,17,20H,4,8-14H2,1-3H3. The SMILES string of the molecule is CCCS(=O)(=O)NC1CCN(Cc2cccc3c2OC(C)(C)C3)CC1. The molecule has 0 atom stereocenters. The lowest BCUT2D eigenvalue weighted by Gasteiger charge is -2.32. The molecule has 0 amide bonds. The summed E-state index contributed by atoms with van der Waals surface area (Å²) in [5.41, 5.74) is 2.42. The Bertz CT molecular complexity index is 707. The maximum atomic E-state index is 11.9. The second-order valence-electron chi connectivity index (χ2n) is 7.93. The highest BCUT2D eigenvalue weighted by Crippen LogP contribution is 2.38. The van der Waals surface area contributed by atoms with Gasteiger partial charge in [-0.1, -0.05) is 25.1 Å². The molecule has 0 aromatic heterocycles. The van der Waals surface area contributed by atoms with Gasteiger partial charge >= 0.3 is 0 Å². The van der Waals surface area contributed by atoms with Crippen LogP contribution in [0.3, 0.4) is 0 Å². The lowest BCUT2D eigenvalue weighted by Crippen LogP contribution is -2.44. The Hall–Kier alpha value is -1.11. The molecule has 0 bridgehead atoms. The first kappa shape index (κ1) is 18.7. The first-order valence-corrected chi connectivity index (χ1v) is 11.0. The van der Waals surface area contributed by atoms with E-state index in [1.165, 1.54) is 11.1 Å². The average molecular weight is 367 g/mol. The van der Waals surface area contributed by atoms with Gasteiger partial charge in [0.05, 0.1) is 5.75 Å². The van der Waals surface area contributed by atoms with Gasteiger partial charge in [-0.25, -0.2) is 13.1 Å². The number of nitrogens with one attached hydrogen (secondary N) is 1. The zero-order valence-electron chi connectivity index (χ0n) is 15.5. The second kappa shape index (κ2) is 7.25. The Kier molecular flexibility index (Phi) is 5.42. The van der Waals surface area contributed by atoms with Gasteiger partial charge in [0.25, 0.3) is 0 Å². The van der Waals surface area contributed by atoms with Gasteiger partial charge in [0.1, 0.15) is 11.4 Å². The molecule has 0 saturated carbocycles. The van der Waals surface area contributed by atoms with E-state index in [9.17, 15) is 8.42 Å². The molecule has 25 heavy (non-hydrogen) atoms. The van der Waals surface area contributed by atoms with E-state index in [1.54, 1.807) is 0 Å². The van der Waals surface area contributed by atoms with Gasteiger partial charge in [-0.05, 0) is 38.7 Å². The first-order valence-electron chi connectivity index (χ1n) is 9.30. The minimum Gasteiger partial charge on any atom is -0.487 e. The van der Waals surface area contributed by atoms with Gasteiger partial charge in [0, 0.05) is 37.7 Å². The molecule has 2 aliphatic heterocycles. The Balaban J connectivity index is 1.57. The maximum absolute atomic E-state index is 11.9. The molecule has 0 aliphatic carbocycles. The topological polar surface area (TPSA) is 58.6 Å². The Morgan fingerprint density at radius 3 is 2.68 bits per heavy atom. The third-order valence-corrected chi connectivity index (χ3v) is 6.61. The summed E-state index contributed by atoms with van der Waals surface area (Å²) < 4.78 is 32.9. The lowest BCUT2D eigenvalue weighted by atomic mass is 10.00. The molecule has 6 heteroatoms. The van der Waals surface area contributed by atoms with Gasteiger partial charge in [-0.3, -0.25) is 4.90 Å². The van der Waals surface area contributed by atoms with Crippen LogP contribution in [0.4, 0.5) is 0 Å². The minimum absolute atomic E-state index is 0.0736. The van der Waals surface area contributed by atoms with E-state index < -0.39 is 10.0 Å². The van der Waals surface area contributed by atoms with E-state index in [0.717, 1.165) is 44.6 Å². The molecule has 1 aromatic rings. The van der Waals surface area contributed by atoms with Crippen molar-refractivity contribution in [2.24, 2.45) is 0 Å². The number of para-hydroxylation sites is 1. The average Bonchev–Trinajstić information content (AvgIpc) is 2.84. The first-order chi connectivity index (χ1) is 11.8. The van der Waals surface area contributed by atoms with Crippen LogP contribution >= 0.6 is 0 Å². The van der Waals surface area contributed by atoms with Gasteiger partial charge < -0.3 is 4.74 Å². The van der Waals surface area contributed by atoms with Crippen molar-refractivity contribution in [1.29, 1.82) is 0 Å². The van der Waals surface area contributed by atoms with E-state index in [2.05, 4.69) is 41.7 Å². The molecule has 0 radical (unpaired) electrons. The van der Waals surface area contributed by atoms with Crippen LogP contribution in [0.25, 0.3) is 0 Å². The predicted octanol–water partition coefficient (Wildman–Crippen LogP) is 2.69. The van der Waals surface area contributed by atoms with Crippen LogP contribution in [-0.2, 0) is 23.0 Å². The van der Waals surface area contributed by atoms with Crippen LogP contribution < -0.4 is 9.46 Å². The third kappa shape index (κ3) is 4.74. The summed E-state index contributed by atoms with van der Waals surface area (Å²) in [6, 6.07) is 6.49. The molecule has 1 aromatic carbocycles. The lowest BCUT2D eigenvalue weighted by molar-refractivity contribution is 0.134. The van der Waals surface area contributed by atoms with Crippen LogP contribution in [0.1, 0.15) is 51.2 Å². The molecular weight excluding hydrogens is 336 g/mol. The number of hydrogen-bond donors (Lipinski definition) is 1. The molecular formula is C19H30N2O3S. The zero-order valence-corrected chi connectivity index (χ0v) is 16.4. The van der Waals surface area contributed by atoms with Crippen molar-refractivity contribution in [2.75, 3.05) is 18.8 Å². The number of benzene rings is 1. The number of sulfonamides is 1. The van der Waals surface area contributed by atoms with E-state index >= 15 is 0 Å². The third-order valence-electron chi connectivity index (χ3n) is 4.97. The van der Waals surface area contributed by atoms with Crippen molar-refractivity contribution in [3.8, 4) is 5.75 Å². The number of ether oxygens (including phenoxy) is 1. The normalized spacial score (nSPS) is 21.1. The smallest absolute Gasteiger partial charge is 0.211 e. The highest BCUT2D eigenvalue weighted by atomic mass is 32.2. The number of piperidine rings is 1. The maximum Gasteiger partial charge on any atom is 0.211 e. The van der Waals surface area contributed by atoms with Gasteiger partial charge in [-0.2, -0.15) is 0 Å². The van der Waals surface area contributed by atoms with Gasteiger partial charge in [0.15, 0.2) is 0 Å². The molecule has 1 fully saturated rings. The van der Waals surface area contributed by atoms with Crippen LogP contribution in [0.5, 0.6) is 5.75 Å². The van der Waals surface area contributed by atoms with E-state index in [-0.39, 0.29) is 17.4 Å². The quantitative estimate of drug-likeness (QED) is 0.841. The van der Waals surface area contributed by atoms with E-state index in [1.807, 2.05) is 6.92 Å². The number of rotatable bonds is 6. The highest BCUT2D eigenvalue weighted by molar-refractivity contribution is 7.89. The summed E-state index contributed by atoms with van der Waals surface area (Å²) in [6.45, 7) is 8.84. The van der Waals surface area contributed by atoms with Crippen molar-refractivity contribution >= 4 is 10.0 Å². The minimum atomic E-state index is -3.12. The summed E-state index contributed by atoms with van der Waals surface area (Å²) in [6.07, 6.45) is 3.34. The van der Waals surface area contributed by atoms with Crippen LogP contribution in [0.15, 0.2) is 18.2 Å². The largest absolute Gasteiger partial charge is 0.487 e. The van der Waals surface area contributed by atoms with E-state index in [4.69, 9.17) is 4.74 Å². The molecule has 1 saturated heterocycles. The number of hydrogen-bond acceptors (Lipinski definition) is 4. The van der Waals surface area contributed by atoms with Crippen LogP contribution in [-0.4, -0.2) is 43.8 Å². The molecule has 0 unspecified atom stereocenters. The number of nitrogens with zero attached hydrogens (tertiary/aromatic N) is 1.